The van der Waals surface area contributed by atoms with E-state index in [1.54, 1.807) is 31.5 Å². The van der Waals surface area contributed by atoms with E-state index in [9.17, 15) is 4.79 Å². The quantitative estimate of drug-likeness (QED) is 0.211. The van der Waals surface area contributed by atoms with Gasteiger partial charge in [-0.3, -0.25) is 0 Å². The van der Waals surface area contributed by atoms with Crippen molar-refractivity contribution in [1.82, 2.24) is 0 Å². The number of nitrogens with zero attached hydrogens (tertiary/aromatic N) is 1. The summed E-state index contributed by atoms with van der Waals surface area (Å²) in [6.07, 6.45) is 3.09. The largest absolute Gasteiger partial charge is 0.503 e. The van der Waals surface area contributed by atoms with Crippen LogP contribution in [0.5, 0.6) is 0 Å². The Labute approximate surface area is 168 Å². The number of rotatable bonds is 9. The molecule has 0 aliphatic rings. The second-order valence-electron chi connectivity index (χ2n) is 5.55. The molecule has 8 heteroatoms. The van der Waals surface area contributed by atoms with Gasteiger partial charge in [-0.25, -0.2) is 9.78 Å². The van der Waals surface area contributed by atoms with Gasteiger partial charge < -0.3 is 19.0 Å². The van der Waals surface area contributed by atoms with Crippen molar-refractivity contribution in [3.8, 4) is 0 Å². The minimum Gasteiger partial charge on any atom is -0.503 e. The van der Waals surface area contributed by atoms with Crippen LogP contribution in [-0.4, -0.2) is 39.6 Å². The van der Waals surface area contributed by atoms with Gasteiger partial charge in [-0.1, -0.05) is 28.9 Å². The average Bonchev–Trinajstić information content (AvgIpc) is 2.72. The van der Waals surface area contributed by atoms with Crippen molar-refractivity contribution in [2.45, 2.75) is 6.61 Å². The predicted molar refractivity (Wildman–Crippen MR) is 105 cm³/mol. The summed E-state index contributed by atoms with van der Waals surface area (Å²) in [6.45, 7) is 0.292. The van der Waals surface area contributed by atoms with E-state index in [0.29, 0.717) is 21.9 Å². The molecule has 0 unspecified atom stereocenters. The first-order chi connectivity index (χ1) is 13.6. The van der Waals surface area contributed by atoms with Crippen molar-refractivity contribution >= 4 is 28.9 Å². The van der Waals surface area contributed by atoms with Gasteiger partial charge in [0.1, 0.15) is 12.2 Å². The minimum absolute atomic E-state index is 0.0348. The topological polar surface area (TPSA) is 80.5 Å². The van der Waals surface area contributed by atoms with Gasteiger partial charge in [-0.15, -0.1) is 0 Å². The first-order valence-electron chi connectivity index (χ1n) is 8.36. The number of benzene rings is 1. The van der Waals surface area contributed by atoms with E-state index in [-0.39, 0.29) is 18.8 Å². The third kappa shape index (κ3) is 5.55. The Morgan fingerprint density at radius 1 is 1.18 bits per heavy atom. The Bertz CT molecular complexity index is 853. The summed E-state index contributed by atoms with van der Waals surface area (Å²) >= 11 is 6.34. The molecule has 1 heterocycles. The summed E-state index contributed by atoms with van der Waals surface area (Å²) < 4.78 is 15.0. The number of aromatic amines is 1. The maximum Gasteiger partial charge on any atom is 0.341 e. The molecule has 148 valence electrons. The van der Waals surface area contributed by atoms with Crippen molar-refractivity contribution in [2.24, 2.45) is 5.16 Å². The minimum atomic E-state index is -0.548. The van der Waals surface area contributed by atoms with Crippen LogP contribution in [0.25, 0.3) is 5.57 Å². The molecule has 1 aromatic heterocycles. The Morgan fingerprint density at radius 2 is 2.00 bits per heavy atom. The van der Waals surface area contributed by atoms with E-state index in [1.165, 1.54) is 20.5 Å². The molecule has 0 spiro atoms. The third-order valence-electron chi connectivity index (χ3n) is 3.73. The van der Waals surface area contributed by atoms with Crippen LogP contribution in [0.4, 0.5) is 0 Å². The van der Waals surface area contributed by atoms with Crippen LogP contribution in [0.3, 0.4) is 0 Å². The molecule has 0 fully saturated rings. The monoisotopic (exact) mass is 405 g/mol. The van der Waals surface area contributed by atoms with Gasteiger partial charge in [0, 0.05) is 35.4 Å². The van der Waals surface area contributed by atoms with Crippen LogP contribution < -0.4 is 4.98 Å². The van der Waals surface area contributed by atoms with E-state index in [0.717, 1.165) is 5.69 Å². The molecule has 7 nitrogen and oxygen atoms in total. The summed E-state index contributed by atoms with van der Waals surface area (Å²) in [5.74, 6) is -0.548. The maximum atomic E-state index is 12.1. The number of esters is 1. The van der Waals surface area contributed by atoms with Crippen LogP contribution in [0.15, 0.2) is 54.0 Å². The number of aromatic nitrogens is 1. The van der Waals surface area contributed by atoms with Crippen LogP contribution in [-0.2, 0) is 30.4 Å². The highest BCUT2D eigenvalue weighted by Gasteiger charge is 2.19. The molecule has 0 aliphatic carbocycles. The zero-order chi connectivity index (χ0) is 20.4. The van der Waals surface area contributed by atoms with Crippen molar-refractivity contribution in [3.63, 3.8) is 0 Å². The fourth-order valence-corrected chi connectivity index (χ4v) is 2.67. The predicted octanol–water partition coefficient (Wildman–Crippen LogP) is 2.88. The molecule has 0 aliphatic heterocycles. The number of pyridine rings is 1. The lowest BCUT2D eigenvalue weighted by Crippen LogP contribution is -2.20. The lowest BCUT2D eigenvalue weighted by atomic mass is 10.0. The summed E-state index contributed by atoms with van der Waals surface area (Å²) in [5.41, 5.74) is 2.69. The number of nitrogens with one attached hydrogen (secondary N) is 1. The molecule has 0 saturated carbocycles. The van der Waals surface area contributed by atoms with Crippen molar-refractivity contribution in [1.29, 1.82) is 0 Å². The van der Waals surface area contributed by atoms with Gasteiger partial charge in [0.2, 0.25) is 5.69 Å². The second-order valence-corrected chi connectivity index (χ2v) is 5.95. The van der Waals surface area contributed by atoms with Crippen molar-refractivity contribution in [2.75, 3.05) is 27.9 Å². The molecule has 0 radical (unpaired) electrons. The second kappa shape index (κ2) is 11.1. The fraction of sp³-hybridized carbons (Fsp3) is 0.250. The highest BCUT2D eigenvalue weighted by molar-refractivity contribution is 6.32. The molecule has 0 saturated heterocycles. The lowest BCUT2D eigenvalue weighted by molar-refractivity contribution is -0.380. The molecule has 0 bridgehead atoms. The Morgan fingerprint density at radius 3 is 2.64 bits per heavy atom. The van der Waals surface area contributed by atoms with Crippen molar-refractivity contribution in [3.05, 3.63) is 70.7 Å². The Kier molecular flexibility index (Phi) is 8.45. The summed E-state index contributed by atoms with van der Waals surface area (Å²) in [5, 5.41) is 4.60. The molecule has 28 heavy (non-hydrogen) atoms. The number of H-pyrrole nitrogens is 1. The molecular formula is C20H22ClN2O5+. The van der Waals surface area contributed by atoms with Crippen LogP contribution >= 0.6 is 11.6 Å². The number of halogens is 1. The third-order valence-corrected chi connectivity index (χ3v) is 4.09. The van der Waals surface area contributed by atoms with Crippen LogP contribution in [0.2, 0.25) is 5.02 Å². The molecular weight excluding hydrogens is 384 g/mol. The highest BCUT2D eigenvalue weighted by Crippen LogP contribution is 2.27. The maximum absolute atomic E-state index is 12.1. The molecule has 0 atom stereocenters. The van der Waals surface area contributed by atoms with E-state index >= 15 is 0 Å². The molecule has 0 amide bonds. The molecule has 1 aromatic carbocycles. The molecule has 2 aromatic rings. The molecule has 1 N–H and O–H groups in total. The van der Waals surface area contributed by atoms with Crippen LogP contribution in [0, 0.1) is 0 Å². The summed E-state index contributed by atoms with van der Waals surface area (Å²) in [4.78, 5) is 20.7. The van der Waals surface area contributed by atoms with Gasteiger partial charge in [-0.2, -0.15) is 0 Å². The highest BCUT2D eigenvalue weighted by atomic mass is 35.5. The van der Waals surface area contributed by atoms with Gasteiger partial charge in [-0.05, 0) is 12.1 Å². The Balaban J connectivity index is 2.31. The lowest BCUT2D eigenvalue weighted by Gasteiger charge is -2.12. The van der Waals surface area contributed by atoms with Gasteiger partial charge >= 0.3 is 5.97 Å². The SMILES string of the molecule is CO/C=C(/C(=O)OC)c1cccc(Cl)c1CO/N=C(\COC)c1cccc[nH+]1. The Hall–Kier alpha value is -2.90. The smallest absolute Gasteiger partial charge is 0.341 e. The van der Waals surface area contributed by atoms with E-state index in [1.807, 2.05) is 18.2 Å². The van der Waals surface area contributed by atoms with E-state index in [4.69, 9.17) is 30.6 Å². The fourth-order valence-electron chi connectivity index (χ4n) is 2.44. The number of hydrogen-bond donors (Lipinski definition) is 0. The number of carbonyl (C=O) groups is 1. The zero-order valence-corrected chi connectivity index (χ0v) is 16.7. The van der Waals surface area contributed by atoms with Gasteiger partial charge in [0.05, 0.1) is 27.1 Å². The standard InChI is InChI=1S/C20H21ClN2O5/c1-25-11-16(20(24)27-3)14-7-6-8-17(21)15(14)12-28-23-19(13-26-2)18-9-4-5-10-22-18/h4-11H,12-13H2,1-3H3/p+1/b16-11+,23-19+. The number of ether oxygens (including phenoxy) is 3. The summed E-state index contributed by atoms with van der Waals surface area (Å²) in [7, 11) is 4.31. The first-order valence-corrected chi connectivity index (χ1v) is 8.74. The number of hydrogen-bond acceptors (Lipinski definition) is 6. The van der Waals surface area contributed by atoms with Gasteiger partial charge in [0.25, 0.3) is 0 Å². The number of oxime groups is 1. The van der Waals surface area contributed by atoms with E-state index in [2.05, 4.69) is 10.1 Å². The van der Waals surface area contributed by atoms with E-state index < -0.39 is 5.97 Å². The average molecular weight is 406 g/mol. The number of methoxy groups -OCH3 is 3. The van der Waals surface area contributed by atoms with Crippen LogP contribution in [0.1, 0.15) is 16.8 Å². The first kappa shape index (κ1) is 21.4. The van der Waals surface area contributed by atoms with Gasteiger partial charge in [0.15, 0.2) is 11.9 Å². The van der Waals surface area contributed by atoms with Crippen molar-refractivity contribution < 1.29 is 28.8 Å². The molecule has 2 rings (SSSR count). The summed E-state index contributed by atoms with van der Waals surface area (Å²) in [6, 6.07) is 10.8. The zero-order valence-electron chi connectivity index (χ0n) is 15.9. The number of carbonyl (C=O) groups excluding carboxylic acids is 1. The normalized spacial score (nSPS) is 11.9.